The van der Waals surface area contributed by atoms with E-state index in [1.165, 1.54) is 18.3 Å². The van der Waals surface area contributed by atoms with Gasteiger partial charge < -0.3 is 25.4 Å². The molecule has 13 heteroatoms. The van der Waals surface area contributed by atoms with Gasteiger partial charge in [0.1, 0.15) is 11.6 Å². The van der Waals surface area contributed by atoms with E-state index in [9.17, 15) is 23.2 Å². The summed E-state index contributed by atoms with van der Waals surface area (Å²) in [6.45, 7) is 2.50. The highest BCUT2D eigenvalue weighted by atomic mass is 35.5. The number of aromatic nitrogens is 1. The molecule has 3 N–H and O–H groups in total. The Balaban J connectivity index is 1.38. The highest BCUT2D eigenvalue weighted by Gasteiger charge is 2.43. The number of piperidine rings is 1. The van der Waals surface area contributed by atoms with Crippen LogP contribution in [-0.2, 0) is 16.0 Å². The van der Waals surface area contributed by atoms with Gasteiger partial charge >= 0.3 is 5.97 Å². The molecule has 0 spiro atoms. The Bertz CT molecular complexity index is 1260. The van der Waals surface area contributed by atoms with Gasteiger partial charge in [0.2, 0.25) is 0 Å². The van der Waals surface area contributed by atoms with E-state index < -0.39 is 30.4 Å². The smallest absolute Gasteiger partial charge is 0.307 e. The van der Waals surface area contributed by atoms with Crippen LogP contribution >= 0.6 is 23.2 Å². The number of hydrogen-bond donors (Lipinski definition) is 3. The van der Waals surface area contributed by atoms with Gasteiger partial charge in [-0.05, 0) is 69.4 Å². The number of amides is 2. The zero-order valence-electron chi connectivity index (χ0n) is 21.9. The lowest BCUT2D eigenvalue weighted by Gasteiger charge is -2.40. The monoisotopic (exact) mass is 598 g/mol. The Morgan fingerprint density at radius 2 is 1.82 bits per heavy atom. The number of nitrogens with zero attached hydrogens (tertiary/aromatic N) is 2. The molecule has 2 saturated heterocycles. The van der Waals surface area contributed by atoms with Crippen molar-refractivity contribution in [3.63, 3.8) is 0 Å². The minimum absolute atomic E-state index is 0.105. The number of aliphatic carboxylic acids is 1. The number of fused-ring (bicyclic) bond motifs is 2. The molecule has 2 aromatic rings. The molecule has 3 heterocycles. The van der Waals surface area contributed by atoms with Crippen molar-refractivity contribution in [2.24, 2.45) is 0 Å². The summed E-state index contributed by atoms with van der Waals surface area (Å²) in [5, 5.41) is 14.7. The van der Waals surface area contributed by atoms with E-state index in [2.05, 4.69) is 20.5 Å². The van der Waals surface area contributed by atoms with Gasteiger partial charge in [-0.25, -0.2) is 13.8 Å². The van der Waals surface area contributed by atoms with Crippen LogP contribution in [0, 0.1) is 0 Å². The molecular weight excluding hydrogens is 569 g/mol. The molecule has 216 valence electrons. The largest absolute Gasteiger partial charge is 0.481 e. The van der Waals surface area contributed by atoms with E-state index in [1.807, 2.05) is 0 Å². The Hall–Kier alpha value is -3.18. The summed E-state index contributed by atoms with van der Waals surface area (Å²) in [5.41, 5.74) is -0.780. The van der Waals surface area contributed by atoms with E-state index in [4.69, 9.17) is 33.0 Å². The second-order valence-electron chi connectivity index (χ2n) is 10.5. The van der Waals surface area contributed by atoms with Crippen molar-refractivity contribution in [2.75, 3.05) is 11.4 Å². The van der Waals surface area contributed by atoms with Crippen LogP contribution in [0.2, 0.25) is 10.0 Å². The number of alkyl halides is 2. The van der Waals surface area contributed by atoms with Gasteiger partial charge in [0, 0.05) is 29.3 Å². The molecule has 2 unspecified atom stereocenters. The molecule has 9 nitrogen and oxygen atoms in total. The number of ether oxygens (including phenoxy) is 1. The fraction of sp³-hybridized carbons (Fsp3) is 0.481. The molecule has 2 amide bonds. The first-order chi connectivity index (χ1) is 18.8. The maximum atomic E-state index is 13.3. The lowest BCUT2D eigenvalue weighted by molar-refractivity contribution is -0.136. The molecule has 0 aliphatic carbocycles. The molecule has 0 radical (unpaired) electrons. The Morgan fingerprint density at radius 1 is 1.15 bits per heavy atom. The van der Waals surface area contributed by atoms with Gasteiger partial charge in [0.05, 0.1) is 23.6 Å². The number of halogens is 4. The number of rotatable bonds is 10. The topological polar surface area (TPSA) is 121 Å². The average molecular weight is 599 g/mol. The summed E-state index contributed by atoms with van der Waals surface area (Å²) in [6, 6.07) is 6.27. The molecular formula is C27H30Cl2F2N4O5. The molecule has 2 fully saturated rings. The van der Waals surface area contributed by atoms with Crippen molar-refractivity contribution < 1.29 is 33.0 Å². The lowest BCUT2D eigenvalue weighted by Crippen LogP contribution is -2.55. The van der Waals surface area contributed by atoms with Crippen molar-refractivity contribution in [1.29, 1.82) is 0 Å². The number of benzene rings is 1. The highest BCUT2D eigenvalue weighted by molar-refractivity contribution is 6.36. The van der Waals surface area contributed by atoms with Crippen molar-refractivity contribution in [2.45, 2.75) is 76.1 Å². The highest BCUT2D eigenvalue weighted by Crippen LogP contribution is 2.39. The fourth-order valence-electron chi connectivity index (χ4n) is 5.24. The Labute approximate surface area is 240 Å². The first-order valence-electron chi connectivity index (χ1n) is 12.8. The first-order valence-corrected chi connectivity index (χ1v) is 13.6. The SMILES string of the molecule is CC(C)(Oc1cc(CC(=O)O)c(Cl)cc1Cl)C(=O)NC1CC2CCC(C1)N2c1ccc(C(=O)NCC(F)F)cn1. The zero-order valence-corrected chi connectivity index (χ0v) is 23.4. The number of carbonyl (C=O) groups excluding carboxylic acids is 2. The third-order valence-corrected chi connectivity index (χ3v) is 7.76. The van der Waals surface area contributed by atoms with E-state index in [-0.39, 0.29) is 51.8 Å². The fourth-order valence-corrected chi connectivity index (χ4v) is 5.73. The predicted molar refractivity (Wildman–Crippen MR) is 146 cm³/mol. The van der Waals surface area contributed by atoms with Crippen LogP contribution in [0.4, 0.5) is 14.6 Å². The summed E-state index contributed by atoms with van der Waals surface area (Å²) < 4.78 is 30.7. The molecule has 2 aliphatic heterocycles. The van der Waals surface area contributed by atoms with Crippen molar-refractivity contribution in [1.82, 2.24) is 15.6 Å². The number of carboxylic acid groups (broad SMARTS) is 1. The third-order valence-electron chi connectivity index (χ3n) is 7.11. The second-order valence-corrected chi connectivity index (χ2v) is 11.3. The van der Waals surface area contributed by atoms with Crippen molar-refractivity contribution >= 4 is 46.8 Å². The van der Waals surface area contributed by atoms with E-state index in [0.29, 0.717) is 24.2 Å². The minimum atomic E-state index is -2.63. The molecule has 1 aromatic carbocycles. The van der Waals surface area contributed by atoms with Gasteiger partial charge in [0.15, 0.2) is 5.60 Å². The maximum absolute atomic E-state index is 13.3. The molecule has 2 atom stereocenters. The second kappa shape index (κ2) is 12.1. The van der Waals surface area contributed by atoms with Gasteiger partial charge in [-0.2, -0.15) is 0 Å². The number of hydrogen-bond acceptors (Lipinski definition) is 6. The van der Waals surface area contributed by atoms with Gasteiger partial charge in [-0.15, -0.1) is 0 Å². The summed E-state index contributed by atoms with van der Waals surface area (Å²) in [7, 11) is 0. The van der Waals surface area contributed by atoms with Crippen LogP contribution in [0.25, 0.3) is 0 Å². The summed E-state index contributed by atoms with van der Waals surface area (Å²) in [4.78, 5) is 43.0. The number of anilines is 1. The molecule has 2 aliphatic rings. The molecule has 4 rings (SSSR count). The van der Waals surface area contributed by atoms with Crippen molar-refractivity contribution in [3.05, 3.63) is 51.6 Å². The van der Waals surface area contributed by atoms with Gasteiger partial charge in [0.25, 0.3) is 18.2 Å². The third kappa shape index (κ3) is 6.93. The number of pyridine rings is 1. The van der Waals surface area contributed by atoms with Crippen LogP contribution < -0.4 is 20.3 Å². The Kier molecular flexibility index (Phi) is 9.04. The molecule has 1 aromatic heterocycles. The van der Waals surface area contributed by atoms with Crippen LogP contribution in [0.15, 0.2) is 30.5 Å². The van der Waals surface area contributed by atoms with Crippen LogP contribution in [-0.4, -0.2) is 64.6 Å². The summed E-state index contributed by atoms with van der Waals surface area (Å²) >= 11 is 12.4. The summed E-state index contributed by atoms with van der Waals surface area (Å²) in [6.07, 6.45) is 1.64. The average Bonchev–Trinajstić information content (AvgIpc) is 3.15. The molecule has 40 heavy (non-hydrogen) atoms. The normalized spacial score (nSPS) is 20.4. The van der Waals surface area contributed by atoms with Crippen LogP contribution in [0.1, 0.15) is 55.5 Å². The number of nitrogens with one attached hydrogen (secondary N) is 2. The quantitative estimate of drug-likeness (QED) is 0.368. The van der Waals surface area contributed by atoms with E-state index >= 15 is 0 Å². The Morgan fingerprint density at radius 3 is 2.40 bits per heavy atom. The van der Waals surface area contributed by atoms with E-state index in [1.54, 1.807) is 26.0 Å². The van der Waals surface area contributed by atoms with Gasteiger partial charge in [-0.3, -0.25) is 14.4 Å². The zero-order chi connectivity index (χ0) is 29.2. The van der Waals surface area contributed by atoms with E-state index in [0.717, 1.165) is 12.8 Å². The first kappa shape index (κ1) is 29.8. The number of carbonyl (C=O) groups is 3. The van der Waals surface area contributed by atoms with Crippen LogP contribution in [0.5, 0.6) is 5.75 Å². The molecule has 0 saturated carbocycles. The summed E-state index contributed by atoms with van der Waals surface area (Å²) in [5.74, 6) is -1.15. The van der Waals surface area contributed by atoms with Crippen molar-refractivity contribution in [3.8, 4) is 5.75 Å². The minimum Gasteiger partial charge on any atom is -0.481 e. The predicted octanol–water partition coefficient (Wildman–Crippen LogP) is 4.48. The lowest BCUT2D eigenvalue weighted by atomic mass is 9.96. The standard InChI is InChI=1S/C27H30Cl2F2N4O5/c1-27(2,40-21-7-15(8-24(36)37)19(28)11-20(21)29)26(39)34-16-9-17-4-5-18(10-16)35(17)23-6-3-14(12-32-23)25(38)33-13-22(30)31/h3,6-7,11-12,16-18,22H,4-5,8-10,13H2,1-2H3,(H,33,38)(H,34,39)(H,36,37). The van der Waals surface area contributed by atoms with Gasteiger partial charge in [-0.1, -0.05) is 23.2 Å². The maximum Gasteiger partial charge on any atom is 0.307 e. The molecule has 2 bridgehead atoms. The van der Waals surface area contributed by atoms with Crippen LogP contribution in [0.3, 0.4) is 0 Å². The number of carboxylic acids is 1.